The number of rotatable bonds is 3. The van der Waals surface area contributed by atoms with Crippen LogP contribution in [0.4, 0.5) is 17.5 Å². The molecule has 2 heterocycles. The highest BCUT2D eigenvalue weighted by atomic mass is 15.2. The van der Waals surface area contributed by atoms with Crippen LogP contribution in [-0.2, 0) is 0 Å². The van der Waals surface area contributed by atoms with E-state index in [-0.39, 0.29) is 0 Å². The molecule has 1 saturated heterocycles. The van der Waals surface area contributed by atoms with Gasteiger partial charge in [0.25, 0.3) is 0 Å². The number of hydrogen-bond acceptors (Lipinski definition) is 4. The van der Waals surface area contributed by atoms with Gasteiger partial charge in [0.05, 0.1) is 5.52 Å². The Morgan fingerprint density at radius 2 is 1.75 bits per heavy atom. The molecule has 24 heavy (non-hydrogen) atoms. The van der Waals surface area contributed by atoms with E-state index in [1.807, 2.05) is 18.2 Å². The molecule has 0 unspecified atom stereocenters. The summed E-state index contributed by atoms with van der Waals surface area (Å²) in [6, 6.07) is 16.6. The standard InChI is InChI=1S/C20H22N4/c1-15-8-7-9-16(14-15)21-20-22-18-11-4-3-10-17(18)19(23-20)24-12-5-2-6-13-24/h3-4,7-11,14H,2,5-6,12-13H2,1H3,(H,21,22,23). The summed E-state index contributed by atoms with van der Waals surface area (Å²) >= 11 is 0. The molecular weight excluding hydrogens is 296 g/mol. The predicted molar refractivity (Wildman–Crippen MR) is 100 cm³/mol. The first-order valence-corrected chi connectivity index (χ1v) is 8.65. The van der Waals surface area contributed by atoms with Gasteiger partial charge in [-0.3, -0.25) is 0 Å². The van der Waals surface area contributed by atoms with Gasteiger partial charge in [-0.1, -0.05) is 24.3 Å². The molecule has 1 aliphatic rings. The molecule has 2 aromatic carbocycles. The molecule has 1 N–H and O–H groups in total. The van der Waals surface area contributed by atoms with Crippen molar-refractivity contribution < 1.29 is 0 Å². The van der Waals surface area contributed by atoms with Gasteiger partial charge in [-0.25, -0.2) is 4.98 Å². The molecule has 4 nitrogen and oxygen atoms in total. The molecule has 1 aliphatic heterocycles. The van der Waals surface area contributed by atoms with Gasteiger partial charge in [0, 0.05) is 24.2 Å². The summed E-state index contributed by atoms with van der Waals surface area (Å²) in [4.78, 5) is 12.0. The van der Waals surface area contributed by atoms with Crippen molar-refractivity contribution in [2.75, 3.05) is 23.3 Å². The Hall–Kier alpha value is -2.62. The predicted octanol–water partition coefficient (Wildman–Crippen LogP) is 4.67. The normalized spacial score (nSPS) is 14.8. The van der Waals surface area contributed by atoms with Crippen molar-refractivity contribution >= 4 is 28.4 Å². The Morgan fingerprint density at radius 3 is 2.58 bits per heavy atom. The zero-order chi connectivity index (χ0) is 16.4. The third-order valence-corrected chi connectivity index (χ3v) is 4.51. The van der Waals surface area contributed by atoms with Crippen LogP contribution in [0, 0.1) is 6.92 Å². The number of anilines is 3. The van der Waals surface area contributed by atoms with Crippen LogP contribution in [0.15, 0.2) is 48.5 Å². The number of hydrogen-bond donors (Lipinski definition) is 1. The van der Waals surface area contributed by atoms with Crippen LogP contribution in [0.25, 0.3) is 10.9 Å². The maximum absolute atomic E-state index is 4.85. The second-order valence-electron chi connectivity index (χ2n) is 6.43. The fraction of sp³-hybridized carbons (Fsp3) is 0.300. The van der Waals surface area contributed by atoms with E-state index < -0.39 is 0 Å². The highest BCUT2D eigenvalue weighted by Gasteiger charge is 2.17. The smallest absolute Gasteiger partial charge is 0.229 e. The van der Waals surface area contributed by atoms with Gasteiger partial charge in [-0.2, -0.15) is 4.98 Å². The van der Waals surface area contributed by atoms with E-state index in [2.05, 4.69) is 47.5 Å². The molecule has 0 radical (unpaired) electrons. The highest BCUT2D eigenvalue weighted by Crippen LogP contribution is 2.28. The molecular formula is C20H22N4. The van der Waals surface area contributed by atoms with Crippen LogP contribution in [0.3, 0.4) is 0 Å². The molecule has 0 aliphatic carbocycles. The molecule has 4 heteroatoms. The van der Waals surface area contributed by atoms with Gasteiger partial charge in [0.2, 0.25) is 5.95 Å². The molecule has 0 atom stereocenters. The van der Waals surface area contributed by atoms with Gasteiger partial charge >= 0.3 is 0 Å². The van der Waals surface area contributed by atoms with Crippen LogP contribution in [-0.4, -0.2) is 23.1 Å². The van der Waals surface area contributed by atoms with Crippen molar-refractivity contribution in [2.24, 2.45) is 0 Å². The van der Waals surface area contributed by atoms with E-state index in [0.717, 1.165) is 35.5 Å². The maximum Gasteiger partial charge on any atom is 0.229 e. The molecule has 122 valence electrons. The first-order chi connectivity index (χ1) is 11.8. The average molecular weight is 318 g/mol. The fourth-order valence-corrected chi connectivity index (χ4v) is 3.31. The lowest BCUT2D eigenvalue weighted by Crippen LogP contribution is -2.30. The Balaban J connectivity index is 1.76. The first kappa shape index (κ1) is 14.9. The Bertz CT molecular complexity index is 853. The summed E-state index contributed by atoms with van der Waals surface area (Å²) in [5.74, 6) is 1.72. The molecule has 1 aromatic heterocycles. The molecule has 0 bridgehead atoms. The zero-order valence-corrected chi connectivity index (χ0v) is 14.0. The molecule has 4 rings (SSSR count). The van der Waals surface area contributed by atoms with Crippen molar-refractivity contribution in [1.29, 1.82) is 0 Å². The monoisotopic (exact) mass is 318 g/mol. The maximum atomic E-state index is 4.85. The zero-order valence-electron chi connectivity index (χ0n) is 14.0. The number of para-hydroxylation sites is 1. The van der Waals surface area contributed by atoms with Crippen LogP contribution in [0.5, 0.6) is 0 Å². The molecule has 3 aromatic rings. The second-order valence-corrected chi connectivity index (χ2v) is 6.43. The number of aryl methyl sites for hydroxylation is 1. The number of benzene rings is 2. The lowest BCUT2D eigenvalue weighted by molar-refractivity contribution is 0.575. The van der Waals surface area contributed by atoms with Crippen molar-refractivity contribution in [1.82, 2.24) is 9.97 Å². The minimum atomic E-state index is 0.667. The summed E-state index contributed by atoms with van der Waals surface area (Å²) in [6.45, 7) is 4.24. The van der Waals surface area contributed by atoms with Gasteiger partial charge in [0.15, 0.2) is 0 Å². The number of piperidine rings is 1. The Kier molecular flexibility index (Phi) is 4.03. The average Bonchev–Trinajstić information content (AvgIpc) is 2.62. The third kappa shape index (κ3) is 3.04. The van der Waals surface area contributed by atoms with Gasteiger partial charge in [-0.05, 0) is 56.0 Å². The minimum Gasteiger partial charge on any atom is -0.356 e. The topological polar surface area (TPSA) is 41.1 Å². The molecule has 0 amide bonds. The van der Waals surface area contributed by atoms with Crippen molar-refractivity contribution in [3.63, 3.8) is 0 Å². The molecule has 0 spiro atoms. The summed E-state index contributed by atoms with van der Waals surface area (Å²) in [5.41, 5.74) is 3.23. The van der Waals surface area contributed by atoms with Gasteiger partial charge < -0.3 is 10.2 Å². The van der Waals surface area contributed by atoms with Crippen LogP contribution < -0.4 is 10.2 Å². The number of fused-ring (bicyclic) bond motifs is 1. The minimum absolute atomic E-state index is 0.667. The van der Waals surface area contributed by atoms with Crippen molar-refractivity contribution in [3.05, 3.63) is 54.1 Å². The number of nitrogens with zero attached hydrogens (tertiary/aromatic N) is 3. The largest absolute Gasteiger partial charge is 0.356 e. The van der Waals surface area contributed by atoms with E-state index in [9.17, 15) is 0 Å². The van der Waals surface area contributed by atoms with E-state index in [1.165, 1.54) is 24.8 Å². The lowest BCUT2D eigenvalue weighted by atomic mass is 10.1. The summed E-state index contributed by atoms with van der Waals surface area (Å²) < 4.78 is 0. The van der Waals surface area contributed by atoms with Gasteiger partial charge in [-0.15, -0.1) is 0 Å². The Labute approximate surface area is 142 Å². The first-order valence-electron chi connectivity index (χ1n) is 8.65. The van der Waals surface area contributed by atoms with E-state index in [4.69, 9.17) is 9.97 Å². The third-order valence-electron chi connectivity index (χ3n) is 4.51. The van der Waals surface area contributed by atoms with Crippen LogP contribution in [0.1, 0.15) is 24.8 Å². The van der Waals surface area contributed by atoms with Gasteiger partial charge in [0.1, 0.15) is 5.82 Å². The fourth-order valence-electron chi connectivity index (χ4n) is 3.31. The summed E-state index contributed by atoms with van der Waals surface area (Å²) in [5, 5.41) is 4.50. The van der Waals surface area contributed by atoms with Crippen LogP contribution >= 0.6 is 0 Å². The second kappa shape index (κ2) is 6.48. The molecule has 1 fully saturated rings. The SMILES string of the molecule is Cc1cccc(Nc2nc(N3CCCCC3)c3ccccc3n2)c1. The number of nitrogens with one attached hydrogen (secondary N) is 1. The number of aromatic nitrogens is 2. The van der Waals surface area contributed by atoms with E-state index >= 15 is 0 Å². The van der Waals surface area contributed by atoms with Crippen molar-refractivity contribution in [3.8, 4) is 0 Å². The highest BCUT2D eigenvalue weighted by molar-refractivity contribution is 5.90. The lowest BCUT2D eigenvalue weighted by Gasteiger charge is -2.29. The Morgan fingerprint density at radius 1 is 0.917 bits per heavy atom. The summed E-state index contributed by atoms with van der Waals surface area (Å²) in [7, 11) is 0. The summed E-state index contributed by atoms with van der Waals surface area (Å²) in [6.07, 6.45) is 3.78. The van der Waals surface area contributed by atoms with Crippen molar-refractivity contribution in [2.45, 2.75) is 26.2 Å². The van der Waals surface area contributed by atoms with E-state index in [1.54, 1.807) is 0 Å². The molecule has 0 saturated carbocycles. The van der Waals surface area contributed by atoms with Crippen LogP contribution in [0.2, 0.25) is 0 Å². The quantitative estimate of drug-likeness (QED) is 0.762. The van der Waals surface area contributed by atoms with E-state index in [0.29, 0.717) is 5.95 Å².